The normalized spacial score (nSPS) is 14.4. The fourth-order valence-electron chi connectivity index (χ4n) is 3.52. The Labute approximate surface area is 154 Å². The molecule has 0 bridgehead atoms. The van der Waals surface area contributed by atoms with Crippen molar-refractivity contribution >= 4 is 22.3 Å². The average molecular weight is 368 g/mol. The number of piperazine rings is 1. The molecule has 0 amide bonds. The number of fused-ring (bicyclic) bond motifs is 1. The highest BCUT2D eigenvalue weighted by atomic mass is 19.1. The van der Waals surface area contributed by atoms with Crippen molar-refractivity contribution < 1.29 is 13.2 Å². The molecule has 2 heterocycles. The minimum Gasteiger partial charge on any atom is -0.367 e. The maximum Gasteiger partial charge on any atom is 0.149 e. The molecule has 136 valence electrons. The van der Waals surface area contributed by atoms with Crippen molar-refractivity contribution in [3.63, 3.8) is 0 Å². The SMILES string of the molecule is N#Cc1c(F)cccc1N1CCN(c2ccnc3c(F)ccc(F)c23)CC1. The van der Waals surface area contributed by atoms with Gasteiger partial charge in [0.15, 0.2) is 0 Å². The Kier molecular flexibility index (Phi) is 4.32. The number of anilines is 2. The summed E-state index contributed by atoms with van der Waals surface area (Å²) in [4.78, 5) is 7.84. The van der Waals surface area contributed by atoms with E-state index in [0.29, 0.717) is 37.6 Å². The van der Waals surface area contributed by atoms with Gasteiger partial charge >= 0.3 is 0 Å². The van der Waals surface area contributed by atoms with E-state index < -0.39 is 17.5 Å². The van der Waals surface area contributed by atoms with Gasteiger partial charge < -0.3 is 9.80 Å². The molecule has 7 heteroatoms. The Morgan fingerprint density at radius 3 is 2.19 bits per heavy atom. The number of nitriles is 1. The van der Waals surface area contributed by atoms with Crippen LogP contribution in [0.5, 0.6) is 0 Å². The van der Waals surface area contributed by atoms with Gasteiger partial charge in [-0.15, -0.1) is 0 Å². The quantitative estimate of drug-likeness (QED) is 0.689. The maximum absolute atomic E-state index is 14.3. The van der Waals surface area contributed by atoms with Crippen LogP contribution in [-0.4, -0.2) is 31.2 Å². The predicted molar refractivity (Wildman–Crippen MR) is 97.2 cm³/mol. The first-order chi connectivity index (χ1) is 13.1. The Balaban J connectivity index is 1.63. The van der Waals surface area contributed by atoms with Crippen LogP contribution in [0.15, 0.2) is 42.6 Å². The van der Waals surface area contributed by atoms with Crippen LogP contribution in [-0.2, 0) is 0 Å². The summed E-state index contributed by atoms with van der Waals surface area (Å²) in [6.07, 6.45) is 1.47. The van der Waals surface area contributed by atoms with Crippen molar-refractivity contribution in [1.29, 1.82) is 5.26 Å². The zero-order valence-corrected chi connectivity index (χ0v) is 14.3. The minimum absolute atomic E-state index is 0.00632. The van der Waals surface area contributed by atoms with E-state index in [1.54, 1.807) is 18.2 Å². The second kappa shape index (κ2) is 6.80. The van der Waals surface area contributed by atoms with Crippen LogP contribution in [0, 0.1) is 28.8 Å². The van der Waals surface area contributed by atoms with Crippen molar-refractivity contribution in [3.8, 4) is 6.07 Å². The molecule has 0 unspecified atom stereocenters. The van der Waals surface area contributed by atoms with Crippen LogP contribution in [0.25, 0.3) is 10.9 Å². The molecule has 1 aromatic heterocycles. The summed E-state index contributed by atoms with van der Waals surface area (Å²) in [5, 5.41) is 9.39. The highest BCUT2D eigenvalue weighted by Gasteiger charge is 2.23. The summed E-state index contributed by atoms with van der Waals surface area (Å²) < 4.78 is 42.2. The third-order valence-corrected chi connectivity index (χ3v) is 4.83. The molecule has 4 rings (SSSR count). The molecule has 0 atom stereocenters. The summed E-state index contributed by atoms with van der Waals surface area (Å²) in [6, 6.07) is 10.3. The Bertz CT molecular complexity index is 1050. The molecule has 2 aromatic carbocycles. The van der Waals surface area contributed by atoms with E-state index in [9.17, 15) is 18.4 Å². The number of hydrogen-bond donors (Lipinski definition) is 0. The molecular formula is C20H15F3N4. The number of rotatable bonds is 2. The smallest absolute Gasteiger partial charge is 0.149 e. The molecule has 3 aromatic rings. The van der Waals surface area contributed by atoms with E-state index in [1.807, 2.05) is 15.9 Å². The van der Waals surface area contributed by atoms with Crippen LogP contribution in [0.4, 0.5) is 24.5 Å². The maximum atomic E-state index is 14.3. The highest BCUT2D eigenvalue weighted by molar-refractivity contribution is 5.92. The Morgan fingerprint density at radius 2 is 1.48 bits per heavy atom. The molecule has 1 aliphatic rings. The van der Waals surface area contributed by atoms with Crippen molar-refractivity contribution in [2.45, 2.75) is 0 Å². The van der Waals surface area contributed by atoms with Crippen molar-refractivity contribution in [2.75, 3.05) is 36.0 Å². The number of aromatic nitrogens is 1. The third-order valence-electron chi connectivity index (χ3n) is 4.83. The van der Waals surface area contributed by atoms with E-state index in [0.717, 1.165) is 12.1 Å². The minimum atomic E-state index is -0.565. The largest absolute Gasteiger partial charge is 0.367 e. The lowest BCUT2D eigenvalue weighted by atomic mass is 10.1. The first kappa shape index (κ1) is 17.2. The number of halogens is 3. The first-order valence-electron chi connectivity index (χ1n) is 8.51. The zero-order valence-electron chi connectivity index (χ0n) is 14.3. The van der Waals surface area contributed by atoms with E-state index in [4.69, 9.17) is 0 Å². The van der Waals surface area contributed by atoms with Crippen molar-refractivity contribution in [2.24, 2.45) is 0 Å². The van der Waals surface area contributed by atoms with E-state index >= 15 is 0 Å². The summed E-state index contributed by atoms with van der Waals surface area (Å²) in [5.74, 6) is -1.63. The Morgan fingerprint density at radius 1 is 0.815 bits per heavy atom. The zero-order chi connectivity index (χ0) is 19.0. The van der Waals surface area contributed by atoms with Gasteiger partial charge in [-0.2, -0.15) is 5.26 Å². The molecule has 0 aliphatic carbocycles. The number of pyridine rings is 1. The fraction of sp³-hybridized carbons (Fsp3) is 0.200. The highest BCUT2D eigenvalue weighted by Crippen LogP contribution is 2.31. The van der Waals surface area contributed by atoms with Gasteiger partial charge in [0.2, 0.25) is 0 Å². The molecule has 0 N–H and O–H groups in total. The fourth-order valence-corrected chi connectivity index (χ4v) is 3.52. The molecule has 27 heavy (non-hydrogen) atoms. The van der Waals surface area contributed by atoms with Crippen LogP contribution in [0.3, 0.4) is 0 Å². The predicted octanol–water partition coefficient (Wildman–Crippen LogP) is 3.85. The standard InChI is InChI=1S/C20H15F3N4/c21-14-2-1-3-17(13(14)12-24)26-8-10-27(11-9-26)18-6-7-25-20-16(23)5-4-15(22)19(18)20/h1-7H,8-11H2. The summed E-state index contributed by atoms with van der Waals surface area (Å²) in [7, 11) is 0. The molecule has 0 radical (unpaired) electrons. The van der Waals surface area contributed by atoms with Gasteiger partial charge in [-0.25, -0.2) is 13.2 Å². The Hall–Kier alpha value is -3.27. The molecule has 1 saturated heterocycles. The van der Waals surface area contributed by atoms with Crippen molar-refractivity contribution in [1.82, 2.24) is 4.98 Å². The first-order valence-corrected chi connectivity index (χ1v) is 8.51. The van der Waals surface area contributed by atoms with Crippen LogP contribution in [0.1, 0.15) is 5.56 Å². The van der Waals surface area contributed by atoms with E-state index in [1.165, 1.54) is 12.3 Å². The van der Waals surface area contributed by atoms with Gasteiger partial charge in [-0.3, -0.25) is 4.98 Å². The third kappa shape index (κ3) is 2.93. The summed E-state index contributed by atoms with van der Waals surface area (Å²) in [6.45, 7) is 2.10. The molecular weight excluding hydrogens is 353 g/mol. The van der Waals surface area contributed by atoms with Gasteiger partial charge in [-0.1, -0.05) is 6.07 Å². The molecule has 4 nitrogen and oxygen atoms in total. The molecule has 1 aliphatic heterocycles. The molecule has 0 spiro atoms. The van der Waals surface area contributed by atoms with E-state index in [2.05, 4.69) is 4.98 Å². The topological polar surface area (TPSA) is 43.2 Å². The summed E-state index contributed by atoms with van der Waals surface area (Å²) >= 11 is 0. The number of hydrogen-bond acceptors (Lipinski definition) is 4. The van der Waals surface area contributed by atoms with Gasteiger partial charge in [0.25, 0.3) is 0 Å². The number of nitrogens with zero attached hydrogens (tertiary/aromatic N) is 4. The molecule has 0 saturated carbocycles. The van der Waals surface area contributed by atoms with Gasteiger partial charge in [0, 0.05) is 32.4 Å². The lowest BCUT2D eigenvalue weighted by Gasteiger charge is -2.38. The van der Waals surface area contributed by atoms with Gasteiger partial charge in [0.05, 0.1) is 16.8 Å². The van der Waals surface area contributed by atoms with Gasteiger partial charge in [-0.05, 0) is 30.3 Å². The average Bonchev–Trinajstić information content (AvgIpc) is 2.70. The summed E-state index contributed by atoms with van der Waals surface area (Å²) in [5.41, 5.74) is 1.16. The van der Waals surface area contributed by atoms with Crippen molar-refractivity contribution in [3.05, 3.63) is 65.6 Å². The lowest BCUT2D eigenvalue weighted by molar-refractivity contribution is 0.611. The van der Waals surface area contributed by atoms with Crippen LogP contribution >= 0.6 is 0 Å². The second-order valence-electron chi connectivity index (χ2n) is 6.30. The van der Waals surface area contributed by atoms with Crippen LogP contribution < -0.4 is 9.80 Å². The molecule has 1 fully saturated rings. The monoisotopic (exact) mass is 368 g/mol. The van der Waals surface area contributed by atoms with E-state index in [-0.39, 0.29) is 16.5 Å². The van der Waals surface area contributed by atoms with Crippen LogP contribution in [0.2, 0.25) is 0 Å². The second-order valence-corrected chi connectivity index (χ2v) is 6.30. The number of benzene rings is 2. The van der Waals surface area contributed by atoms with Gasteiger partial charge in [0.1, 0.15) is 34.6 Å². The lowest BCUT2D eigenvalue weighted by Crippen LogP contribution is -2.47.